The fraction of sp³-hybridized carbons (Fsp3) is 0.625. The van der Waals surface area contributed by atoms with E-state index in [0.717, 1.165) is 6.42 Å². The molecule has 0 aliphatic rings. The average Bonchev–Trinajstić information content (AvgIpc) is 2.15. The van der Waals surface area contributed by atoms with Gasteiger partial charge < -0.3 is 26.2 Å². The van der Waals surface area contributed by atoms with Crippen molar-refractivity contribution in [3.8, 4) is 0 Å². The van der Waals surface area contributed by atoms with Gasteiger partial charge in [0.25, 0.3) is 0 Å². The minimum absolute atomic E-state index is 0.211. The molecule has 0 aromatic carbocycles. The lowest BCUT2D eigenvalue weighted by molar-refractivity contribution is -0.165. The van der Waals surface area contributed by atoms with Crippen LogP contribution in [0.25, 0.3) is 0 Å². The molecular formula is C8H15NO7. The minimum Gasteiger partial charge on any atom is -0.479 e. The first-order chi connectivity index (χ1) is 7.23. The summed E-state index contributed by atoms with van der Waals surface area (Å²) in [5, 5.41) is 32.5. The molecule has 16 heavy (non-hydrogen) atoms. The van der Waals surface area contributed by atoms with Crippen LogP contribution in [-0.4, -0.2) is 50.5 Å². The summed E-state index contributed by atoms with van der Waals surface area (Å²) < 4.78 is 0. The van der Waals surface area contributed by atoms with Gasteiger partial charge in [-0.2, -0.15) is 0 Å². The van der Waals surface area contributed by atoms with Gasteiger partial charge in [-0.05, 0) is 6.42 Å². The molecule has 0 saturated carbocycles. The zero-order chi connectivity index (χ0) is 13.3. The maximum absolute atomic E-state index is 9.82. The van der Waals surface area contributed by atoms with Crippen LogP contribution in [0.2, 0.25) is 0 Å². The van der Waals surface area contributed by atoms with E-state index in [1.165, 1.54) is 0 Å². The number of carbonyl (C=O) groups is 3. The Hall–Kier alpha value is -1.67. The molecular weight excluding hydrogens is 222 g/mol. The monoisotopic (exact) mass is 237 g/mol. The van der Waals surface area contributed by atoms with Crippen LogP contribution >= 0.6 is 0 Å². The number of aliphatic hydroxyl groups excluding tert-OH is 2. The second-order valence-electron chi connectivity index (χ2n) is 2.78. The van der Waals surface area contributed by atoms with Crippen LogP contribution in [0.1, 0.15) is 19.8 Å². The summed E-state index contributed by atoms with van der Waals surface area (Å²) in [6, 6.07) is 0. The van der Waals surface area contributed by atoms with Gasteiger partial charge in [0, 0.05) is 6.42 Å². The third kappa shape index (κ3) is 8.91. The van der Waals surface area contributed by atoms with Crippen molar-refractivity contribution in [2.24, 2.45) is 5.73 Å². The van der Waals surface area contributed by atoms with Crippen LogP contribution in [0.15, 0.2) is 0 Å². The van der Waals surface area contributed by atoms with Crippen LogP contribution in [0, 0.1) is 0 Å². The van der Waals surface area contributed by atoms with E-state index in [2.05, 4.69) is 0 Å². The molecule has 8 heteroatoms. The molecule has 1 amide bonds. The molecule has 0 rings (SSSR count). The molecule has 94 valence electrons. The van der Waals surface area contributed by atoms with E-state index in [9.17, 15) is 14.4 Å². The highest BCUT2D eigenvalue weighted by atomic mass is 16.4. The summed E-state index contributed by atoms with van der Waals surface area (Å²) in [5.74, 6) is -3.75. The van der Waals surface area contributed by atoms with Gasteiger partial charge in [-0.25, -0.2) is 9.59 Å². The lowest BCUT2D eigenvalue weighted by Crippen LogP contribution is -2.39. The summed E-state index contributed by atoms with van der Waals surface area (Å²) >= 11 is 0. The Morgan fingerprint density at radius 1 is 1.06 bits per heavy atom. The number of amides is 1. The number of hydrogen-bond acceptors (Lipinski definition) is 5. The summed E-state index contributed by atoms with van der Waals surface area (Å²) in [7, 11) is 0. The Balaban J connectivity index is 0. The molecule has 0 aliphatic heterocycles. The van der Waals surface area contributed by atoms with E-state index < -0.39 is 24.1 Å². The number of primary amides is 1. The largest absolute Gasteiger partial charge is 0.479 e. The van der Waals surface area contributed by atoms with E-state index in [4.69, 9.17) is 26.2 Å². The molecule has 0 bridgehead atoms. The van der Waals surface area contributed by atoms with Crippen LogP contribution in [0.5, 0.6) is 0 Å². The molecule has 6 N–H and O–H groups in total. The quantitative estimate of drug-likeness (QED) is 0.375. The molecule has 0 heterocycles. The zero-order valence-corrected chi connectivity index (χ0v) is 8.66. The number of carboxylic acids is 2. The van der Waals surface area contributed by atoms with Crippen molar-refractivity contribution in [1.82, 2.24) is 0 Å². The highest BCUT2D eigenvalue weighted by Gasteiger charge is 2.29. The van der Waals surface area contributed by atoms with E-state index >= 15 is 0 Å². The first-order valence-corrected chi connectivity index (χ1v) is 4.34. The molecule has 0 fully saturated rings. The van der Waals surface area contributed by atoms with Gasteiger partial charge in [0.05, 0.1) is 0 Å². The first kappa shape index (κ1) is 16.7. The van der Waals surface area contributed by atoms with Crippen LogP contribution in [0.4, 0.5) is 0 Å². The van der Waals surface area contributed by atoms with Crippen LogP contribution in [0.3, 0.4) is 0 Å². The van der Waals surface area contributed by atoms with Gasteiger partial charge in [0.2, 0.25) is 5.91 Å². The Morgan fingerprint density at radius 2 is 1.38 bits per heavy atom. The van der Waals surface area contributed by atoms with Crippen molar-refractivity contribution in [1.29, 1.82) is 0 Å². The Morgan fingerprint density at radius 3 is 1.44 bits per heavy atom. The molecule has 0 aromatic heterocycles. The highest BCUT2D eigenvalue weighted by molar-refractivity contribution is 5.83. The molecule has 0 saturated heterocycles. The van der Waals surface area contributed by atoms with Crippen molar-refractivity contribution in [2.75, 3.05) is 0 Å². The number of aliphatic carboxylic acids is 2. The average molecular weight is 237 g/mol. The van der Waals surface area contributed by atoms with Crippen molar-refractivity contribution >= 4 is 17.8 Å². The SMILES string of the molecule is CCCC(N)=O.O=C(O)C(O)C(O)C(=O)O. The zero-order valence-electron chi connectivity index (χ0n) is 8.66. The summed E-state index contributed by atoms with van der Waals surface area (Å²) in [6.07, 6.45) is -3.16. The van der Waals surface area contributed by atoms with Crippen molar-refractivity contribution in [2.45, 2.75) is 32.0 Å². The van der Waals surface area contributed by atoms with Gasteiger partial charge in [-0.1, -0.05) is 6.92 Å². The maximum atomic E-state index is 9.82. The number of carbonyl (C=O) groups excluding carboxylic acids is 1. The lowest BCUT2D eigenvalue weighted by Gasteiger charge is -2.07. The van der Waals surface area contributed by atoms with Gasteiger partial charge >= 0.3 is 11.9 Å². The molecule has 0 aromatic rings. The molecule has 0 aliphatic carbocycles. The predicted octanol–water partition coefficient (Wildman–Crippen LogP) is -1.85. The highest BCUT2D eigenvalue weighted by Crippen LogP contribution is 1.92. The summed E-state index contributed by atoms with van der Waals surface area (Å²) in [5.41, 5.74) is 4.76. The fourth-order valence-corrected chi connectivity index (χ4v) is 0.517. The minimum atomic E-state index is -2.27. The number of nitrogens with two attached hydrogens (primary N) is 1. The maximum Gasteiger partial charge on any atom is 0.335 e. The van der Waals surface area contributed by atoms with Gasteiger partial charge in [0.15, 0.2) is 12.2 Å². The van der Waals surface area contributed by atoms with E-state index in [1.54, 1.807) is 0 Å². The smallest absolute Gasteiger partial charge is 0.335 e. The van der Waals surface area contributed by atoms with Crippen LogP contribution in [-0.2, 0) is 14.4 Å². The molecule has 0 radical (unpaired) electrons. The topological polar surface area (TPSA) is 158 Å². The van der Waals surface area contributed by atoms with Gasteiger partial charge in [-0.15, -0.1) is 0 Å². The van der Waals surface area contributed by atoms with Gasteiger partial charge in [0.1, 0.15) is 0 Å². The summed E-state index contributed by atoms with van der Waals surface area (Å²) in [6.45, 7) is 1.92. The van der Waals surface area contributed by atoms with E-state index in [-0.39, 0.29) is 5.91 Å². The van der Waals surface area contributed by atoms with Gasteiger partial charge in [-0.3, -0.25) is 4.79 Å². The standard InChI is InChI=1S/C4H9NO.C4H6O6/c1-2-3-4(5)6;5-1(3(7)8)2(6)4(9)10/h2-3H2,1H3,(H2,5,6);1-2,5-6H,(H,7,8)(H,9,10). The number of rotatable bonds is 5. The predicted molar refractivity (Wildman–Crippen MR) is 51.4 cm³/mol. The Kier molecular flexibility index (Phi) is 9.03. The Labute approximate surface area is 91.3 Å². The van der Waals surface area contributed by atoms with Crippen LogP contribution < -0.4 is 5.73 Å². The number of hydrogen-bond donors (Lipinski definition) is 5. The molecule has 2 unspecified atom stereocenters. The second kappa shape index (κ2) is 8.62. The number of aliphatic hydroxyl groups is 2. The van der Waals surface area contributed by atoms with Crippen molar-refractivity contribution in [3.63, 3.8) is 0 Å². The second-order valence-corrected chi connectivity index (χ2v) is 2.78. The lowest BCUT2D eigenvalue weighted by atomic mass is 10.2. The molecule has 0 spiro atoms. The van der Waals surface area contributed by atoms with Crippen molar-refractivity contribution in [3.05, 3.63) is 0 Å². The fourth-order valence-electron chi connectivity index (χ4n) is 0.517. The number of carboxylic acid groups (broad SMARTS) is 2. The first-order valence-electron chi connectivity index (χ1n) is 4.34. The van der Waals surface area contributed by atoms with Crippen molar-refractivity contribution < 1.29 is 34.8 Å². The molecule has 2 atom stereocenters. The molecule has 8 nitrogen and oxygen atoms in total. The third-order valence-electron chi connectivity index (χ3n) is 1.30. The Bertz CT molecular complexity index is 235. The van der Waals surface area contributed by atoms with E-state index in [0.29, 0.717) is 6.42 Å². The summed E-state index contributed by atoms with van der Waals surface area (Å²) in [4.78, 5) is 29.4. The third-order valence-corrected chi connectivity index (χ3v) is 1.30. The normalized spacial score (nSPS) is 12.9. The van der Waals surface area contributed by atoms with E-state index in [1.807, 2.05) is 6.92 Å².